The van der Waals surface area contributed by atoms with Crippen molar-refractivity contribution >= 4 is 34.5 Å². The highest BCUT2D eigenvalue weighted by Crippen LogP contribution is 2.40. The van der Waals surface area contributed by atoms with E-state index in [0.717, 1.165) is 67.6 Å². The Hall–Kier alpha value is -4.90. The first-order valence-electron chi connectivity index (χ1n) is 17.5. The molecule has 4 heterocycles. The van der Waals surface area contributed by atoms with Gasteiger partial charge in [-0.15, -0.1) is 0 Å². The summed E-state index contributed by atoms with van der Waals surface area (Å²) in [7, 11) is 0. The van der Waals surface area contributed by atoms with E-state index in [2.05, 4.69) is 26.9 Å². The number of nitrogens with one attached hydrogen (secondary N) is 1. The van der Waals surface area contributed by atoms with Crippen molar-refractivity contribution in [2.75, 3.05) is 50.9 Å². The molecular formula is C38H44N6O5. The summed E-state index contributed by atoms with van der Waals surface area (Å²) in [5.74, 6) is -0.597. The highest BCUT2D eigenvalue weighted by atomic mass is 16.5. The van der Waals surface area contributed by atoms with Crippen molar-refractivity contribution in [1.82, 2.24) is 24.3 Å². The van der Waals surface area contributed by atoms with Crippen LogP contribution in [0.4, 0.5) is 5.69 Å². The highest BCUT2D eigenvalue weighted by Gasteiger charge is 2.53. The summed E-state index contributed by atoms with van der Waals surface area (Å²) >= 11 is 0. The lowest BCUT2D eigenvalue weighted by Gasteiger charge is -2.43. The Morgan fingerprint density at radius 2 is 1.57 bits per heavy atom. The maximum absolute atomic E-state index is 14.3. The number of nitrogens with zero attached hydrogens (tertiary/aromatic N) is 5. The molecule has 7 rings (SSSR count). The fourth-order valence-corrected chi connectivity index (χ4v) is 7.71. The van der Waals surface area contributed by atoms with Crippen molar-refractivity contribution in [2.24, 2.45) is 0 Å². The van der Waals surface area contributed by atoms with Crippen LogP contribution in [0.15, 0.2) is 83.7 Å². The van der Waals surface area contributed by atoms with Crippen molar-refractivity contribution in [3.05, 3.63) is 100 Å². The Balaban J connectivity index is 0.992. The van der Waals surface area contributed by atoms with Crippen LogP contribution in [0.5, 0.6) is 0 Å². The van der Waals surface area contributed by atoms with Gasteiger partial charge in [0.1, 0.15) is 5.54 Å². The average molecular weight is 665 g/mol. The number of amides is 2. The van der Waals surface area contributed by atoms with Crippen LogP contribution in [-0.4, -0.2) is 93.6 Å². The van der Waals surface area contributed by atoms with Gasteiger partial charge in [-0.1, -0.05) is 42.5 Å². The second-order valence-electron chi connectivity index (χ2n) is 13.5. The molecule has 0 saturated carbocycles. The second-order valence-corrected chi connectivity index (χ2v) is 13.5. The molecule has 1 spiro atoms. The minimum absolute atomic E-state index is 0.0840. The number of benzene rings is 3. The van der Waals surface area contributed by atoms with Crippen LogP contribution in [0.2, 0.25) is 0 Å². The van der Waals surface area contributed by atoms with Gasteiger partial charge in [0.2, 0.25) is 5.91 Å². The molecule has 4 aromatic rings. The van der Waals surface area contributed by atoms with Crippen LogP contribution in [0.1, 0.15) is 54.4 Å². The molecule has 256 valence electrons. The first-order valence-corrected chi connectivity index (χ1v) is 17.5. The summed E-state index contributed by atoms with van der Waals surface area (Å²) in [5.41, 5.74) is 3.25. The van der Waals surface area contributed by atoms with E-state index < -0.39 is 11.5 Å². The number of carbonyl (C=O) groups is 3. The van der Waals surface area contributed by atoms with Crippen molar-refractivity contribution in [2.45, 2.75) is 57.2 Å². The van der Waals surface area contributed by atoms with Gasteiger partial charge in [-0.25, -0.2) is 9.59 Å². The number of H-pyrrole nitrogens is 1. The fraction of sp³-hybridized carbons (Fsp3) is 0.421. The summed E-state index contributed by atoms with van der Waals surface area (Å²) in [5, 5.41) is 0. The molecule has 0 bridgehead atoms. The number of aryl methyl sites for hydroxylation is 1. The largest absolute Gasteiger partial charge is 0.452 e. The van der Waals surface area contributed by atoms with Crippen LogP contribution >= 0.6 is 0 Å². The molecule has 3 fully saturated rings. The molecule has 3 aliphatic heterocycles. The van der Waals surface area contributed by atoms with Gasteiger partial charge in [-0.2, -0.15) is 0 Å². The highest BCUT2D eigenvalue weighted by molar-refractivity contribution is 5.94. The molecule has 0 radical (unpaired) electrons. The Labute approximate surface area is 286 Å². The van der Waals surface area contributed by atoms with Gasteiger partial charge in [0.05, 0.1) is 23.3 Å². The van der Waals surface area contributed by atoms with E-state index in [1.807, 2.05) is 53.4 Å². The van der Waals surface area contributed by atoms with Gasteiger partial charge >= 0.3 is 11.7 Å². The maximum atomic E-state index is 14.3. The van der Waals surface area contributed by atoms with Crippen LogP contribution < -0.4 is 10.6 Å². The fourth-order valence-electron chi connectivity index (χ4n) is 7.71. The minimum atomic E-state index is -0.656. The van der Waals surface area contributed by atoms with E-state index in [1.54, 1.807) is 27.7 Å². The lowest BCUT2D eigenvalue weighted by Crippen LogP contribution is -2.56. The van der Waals surface area contributed by atoms with Gasteiger partial charge in [0.25, 0.3) is 5.91 Å². The number of para-hydroxylation sites is 3. The zero-order valence-corrected chi connectivity index (χ0v) is 27.9. The van der Waals surface area contributed by atoms with Crippen molar-refractivity contribution in [1.29, 1.82) is 0 Å². The number of hydrogen-bond donors (Lipinski definition) is 1. The summed E-state index contributed by atoms with van der Waals surface area (Å²) in [6.07, 6.45) is 5.31. The van der Waals surface area contributed by atoms with Gasteiger partial charge in [0, 0.05) is 45.0 Å². The number of ether oxygens (including phenoxy) is 1. The summed E-state index contributed by atoms with van der Waals surface area (Å²) in [6.45, 7) is 5.01. The lowest BCUT2D eigenvalue weighted by molar-refractivity contribution is -0.135. The maximum Gasteiger partial charge on any atom is 0.338 e. The second kappa shape index (κ2) is 14.3. The summed E-state index contributed by atoms with van der Waals surface area (Å²) < 4.78 is 7.20. The standard InChI is InChI=1S/C38H44N6O5/c45-34(41-20-7-2-8-21-41)27-49-35(46)30-12-9-11-29(25-30)26-42-28-44(31-13-3-1-4-14-31)38(36(42)47)17-23-40(24-18-38)19-10-22-43-33-16-6-5-15-32(33)39-37(43)48/h1,3-6,9,11-16,25H,2,7-8,10,17-24,26-28H2,(H,39,48). The molecule has 0 atom stereocenters. The van der Waals surface area contributed by atoms with Crippen molar-refractivity contribution in [3.63, 3.8) is 0 Å². The quantitative estimate of drug-likeness (QED) is 0.253. The Morgan fingerprint density at radius 3 is 2.37 bits per heavy atom. The molecule has 3 aliphatic rings. The third-order valence-electron chi connectivity index (χ3n) is 10.4. The zero-order valence-electron chi connectivity index (χ0n) is 27.9. The molecule has 3 aromatic carbocycles. The Morgan fingerprint density at radius 1 is 0.816 bits per heavy atom. The normalized spacial score (nSPS) is 18.0. The number of esters is 1. The van der Waals surface area contributed by atoms with Crippen LogP contribution in [-0.2, 0) is 27.4 Å². The molecule has 3 saturated heterocycles. The molecule has 49 heavy (non-hydrogen) atoms. The van der Waals surface area contributed by atoms with E-state index >= 15 is 0 Å². The zero-order chi connectivity index (χ0) is 33.8. The molecule has 0 aliphatic carbocycles. The lowest BCUT2D eigenvalue weighted by atomic mass is 9.85. The Bertz CT molecular complexity index is 1850. The number of aromatic amines is 1. The first-order chi connectivity index (χ1) is 23.9. The van der Waals surface area contributed by atoms with Crippen LogP contribution in [0.25, 0.3) is 11.0 Å². The van der Waals surface area contributed by atoms with E-state index in [1.165, 1.54) is 0 Å². The molecular weight excluding hydrogens is 620 g/mol. The number of hydrogen-bond acceptors (Lipinski definition) is 7. The number of piperidine rings is 2. The predicted molar refractivity (Wildman–Crippen MR) is 187 cm³/mol. The van der Waals surface area contributed by atoms with E-state index in [-0.39, 0.29) is 24.1 Å². The average Bonchev–Trinajstić information content (AvgIpc) is 3.60. The smallest absolute Gasteiger partial charge is 0.338 e. The van der Waals surface area contributed by atoms with Crippen molar-refractivity contribution in [3.8, 4) is 0 Å². The van der Waals surface area contributed by atoms with Gasteiger partial charge in [0.15, 0.2) is 6.61 Å². The molecule has 11 nitrogen and oxygen atoms in total. The molecule has 1 N–H and O–H groups in total. The number of likely N-dealkylation sites (tertiary alicyclic amines) is 2. The third-order valence-corrected chi connectivity index (χ3v) is 10.4. The molecule has 11 heteroatoms. The monoisotopic (exact) mass is 664 g/mol. The predicted octanol–water partition coefficient (Wildman–Crippen LogP) is 4.23. The summed E-state index contributed by atoms with van der Waals surface area (Å²) in [4.78, 5) is 63.5. The number of fused-ring (bicyclic) bond motifs is 1. The number of imidazole rings is 1. The SMILES string of the molecule is O=C(OCC(=O)N1CCCCC1)c1cccc(CN2CN(c3ccccc3)C3(CCN(CCCn4c(=O)[nH]c5ccccc54)CC3)C2=O)c1. The van der Waals surface area contributed by atoms with Gasteiger partial charge < -0.3 is 29.3 Å². The molecule has 0 unspecified atom stereocenters. The topological polar surface area (TPSA) is 111 Å². The van der Waals surface area contributed by atoms with E-state index in [0.29, 0.717) is 51.3 Å². The molecule has 1 aromatic heterocycles. The Kier molecular flexibility index (Phi) is 9.52. The number of rotatable bonds is 10. The number of carbonyl (C=O) groups excluding carboxylic acids is 3. The van der Waals surface area contributed by atoms with Crippen LogP contribution in [0, 0.1) is 0 Å². The van der Waals surface area contributed by atoms with E-state index in [9.17, 15) is 19.2 Å². The van der Waals surface area contributed by atoms with Crippen LogP contribution in [0.3, 0.4) is 0 Å². The first kappa shape index (κ1) is 32.6. The van der Waals surface area contributed by atoms with Gasteiger partial charge in [-0.3, -0.25) is 14.2 Å². The molecule has 2 amide bonds. The third kappa shape index (κ3) is 6.85. The number of aromatic nitrogens is 2. The van der Waals surface area contributed by atoms with Crippen molar-refractivity contribution < 1.29 is 19.1 Å². The van der Waals surface area contributed by atoms with E-state index in [4.69, 9.17) is 4.74 Å². The van der Waals surface area contributed by atoms with Gasteiger partial charge in [-0.05, 0) is 87.0 Å². The minimum Gasteiger partial charge on any atom is -0.452 e. The number of anilines is 1. The summed E-state index contributed by atoms with van der Waals surface area (Å²) in [6, 6.07) is 25.0.